The molecule has 228 valence electrons. The third-order valence-electron chi connectivity index (χ3n) is 6.13. The maximum Gasteiger partial charge on any atom is 0.327 e. The van der Waals surface area contributed by atoms with Gasteiger partial charge in [0, 0.05) is 30.9 Å². The molecule has 4 atom stereocenters. The summed E-state index contributed by atoms with van der Waals surface area (Å²) in [7, 11) is -4.94. The Bertz CT molecular complexity index is 1620. The van der Waals surface area contributed by atoms with Crippen molar-refractivity contribution < 1.29 is 47.6 Å². The lowest BCUT2D eigenvalue weighted by molar-refractivity contribution is -0.139. The van der Waals surface area contributed by atoms with E-state index in [0.29, 0.717) is 10.9 Å². The van der Waals surface area contributed by atoms with Gasteiger partial charge in [0.15, 0.2) is 33.4 Å². The maximum atomic E-state index is 13.2. The number of aromatic hydroxyl groups is 1. The predicted octanol–water partition coefficient (Wildman–Crippen LogP) is -1.22. The molecule has 1 saturated carbocycles. The highest BCUT2D eigenvalue weighted by molar-refractivity contribution is 7.87. The number of carboxylic acid groups (broad SMARTS) is 1. The average Bonchev–Trinajstić information content (AvgIpc) is 3.22. The maximum absolute atomic E-state index is 13.2. The van der Waals surface area contributed by atoms with Gasteiger partial charge in [-0.3, -0.25) is 24.4 Å². The molecule has 21 heteroatoms. The number of thiazole rings is 1. The second-order valence-corrected chi connectivity index (χ2v) is 12.2. The summed E-state index contributed by atoms with van der Waals surface area (Å²) in [6.07, 6.45) is 0.0247. The normalized spacial score (nSPS) is 19.5. The molecule has 1 fully saturated rings. The minimum atomic E-state index is -4.94. The molecule has 2 heterocycles. The summed E-state index contributed by atoms with van der Waals surface area (Å²) in [4.78, 5) is 64.9. The van der Waals surface area contributed by atoms with E-state index in [1.54, 1.807) is 0 Å². The zero-order valence-corrected chi connectivity index (χ0v) is 23.7. The number of rotatable bonds is 12. The molecule has 2 aromatic heterocycles. The van der Waals surface area contributed by atoms with Crippen LogP contribution in [-0.2, 0) is 31.0 Å². The summed E-state index contributed by atoms with van der Waals surface area (Å²) in [5.74, 6) is -6.57. The van der Waals surface area contributed by atoms with Crippen LogP contribution in [0.2, 0.25) is 4.34 Å². The molecule has 0 spiro atoms. The second kappa shape index (κ2) is 12.7. The van der Waals surface area contributed by atoms with Crippen molar-refractivity contribution in [3.05, 3.63) is 38.2 Å². The number of halogens is 1. The smallest absolute Gasteiger partial charge is 0.327 e. The average molecular weight is 650 g/mol. The topological polar surface area (TPSA) is 293 Å². The highest BCUT2D eigenvalue weighted by Gasteiger charge is 2.56. The molecule has 9 N–H and O–H groups in total. The van der Waals surface area contributed by atoms with Gasteiger partial charge in [0.1, 0.15) is 16.1 Å². The molecule has 3 rings (SSSR count). The highest BCUT2D eigenvalue weighted by atomic mass is 35.5. The Morgan fingerprint density at radius 2 is 1.95 bits per heavy atom. The van der Waals surface area contributed by atoms with Crippen LogP contribution in [0, 0.1) is 11.8 Å². The fraction of sp³-hybridized carbons (Fsp3) is 0.381. The van der Waals surface area contributed by atoms with E-state index in [9.17, 15) is 47.3 Å². The predicted molar refractivity (Wildman–Crippen MR) is 145 cm³/mol. The van der Waals surface area contributed by atoms with Crippen molar-refractivity contribution in [1.82, 2.24) is 25.8 Å². The summed E-state index contributed by atoms with van der Waals surface area (Å²) < 4.78 is 33.6. The Morgan fingerprint density at radius 3 is 2.52 bits per heavy atom. The van der Waals surface area contributed by atoms with Gasteiger partial charge in [-0.05, 0) is 6.92 Å². The van der Waals surface area contributed by atoms with E-state index in [1.807, 2.05) is 0 Å². The van der Waals surface area contributed by atoms with Crippen LogP contribution in [0.1, 0.15) is 24.7 Å². The molecule has 0 saturated heterocycles. The van der Waals surface area contributed by atoms with Crippen molar-refractivity contribution in [3.8, 4) is 5.75 Å². The molecule has 42 heavy (non-hydrogen) atoms. The lowest BCUT2D eigenvalue weighted by Crippen LogP contribution is -2.60. The van der Waals surface area contributed by atoms with E-state index < -0.39 is 93.2 Å². The van der Waals surface area contributed by atoms with Crippen molar-refractivity contribution >= 4 is 67.5 Å². The van der Waals surface area contributed by atoms with E-state index in [1.165, 1.54) is 6.92 Å². The lowest BCUT2D eigenvalue weighted by Gasteiger charge is -2.40. The zero-order chi connectivity index (χ0) is 31.5. The first-order valence-electron chi connectivity index (χ1n) is 11.7. The number of carboxylic acids is 1. The fourth-order valence-corrected chi connectivity index (χ4v) is 6.07. The van der Waals surface area contributed by atoms with E-state index in [4.69, 9.17) is 22.4 Å². The first-order valence-corrected chi connectivity index (χ1v) is 14.4. The largest absolute Gasteiger partial charge is 0.503 e. The van der Waals surface area contributed by atoms with Crippen LogP contribution in [0.25, 0.3) is 0 Å². The van der Waals surface area contributed by atoms with E-state index in [0.717, 1.165) is 17.4 Å². The van der Waals surface area contributed by atoms with Crippen molar-refractivity contribution in [1.29, 1.82) is 0 Å². The van der Waals surface area contributed by atoms with Gasteiger partial charge in [-0.25, -0.2) is 14.6 Å². The SMILES string of the molecule is C[C@H](N/N=C(\C(=O)C[C@@H]1C(=O)C(S(=O)(=O)O)[C@@H]1CNC(=O)NCc1cc(=O)c(O)cn1O)c1nc(N)sc1Cl)C(=O)O. The van der Waals surface area contributed by atoms with Crippen LogP contribution in [0.3, 0.4) is 0 Å². The third-order valence-corrected chi connectivity index (χ3v) is 8.43. The number of Topliss-reactive ketones (excluding diaryl/α,β-unsaturated/α-hetero) is 2. The van der Waals surface area contributed by atoms with Crippen LogP contribution in [0.15, 0.2) is 22.2 Å². The molecule has 2 amide bonds. The standard InChI is InChI=1S/C21H24ClN7O11S2/c1-7(19(34)35)27-28-14(15-18(22)41-20(23)26-15)12(31)3-9-10(17(16(9)33)42(38,39)40)5-25-21(36)24-4-8-2-11(30)13(32)6-29(8)37/h2,6-7,9-10,17,27,32,37H,3-5H2,1H3,(H2,23,26)(H,34,35)(H2,24,25,36)(H,38,39,40)/b28-14+/t7-,9-,10+,17?/m0/s1. The molecule has 1 aliphatic rings. The van der Waals surface area contributed by atoms with Gasteiger partial charge in [-0.2, -0.15) is 18.2 Å². The number of hydrazone groups is 1. The third kappa shape index (κ3) is 7.32. The number of aliphatic carboxylic acids is 1. The second-order valence-electron chi connectivity index (χ2n) is 8.98. The molecule has 1 aliphatic carbocycles. The Kier molecular flexibility index (Phi) is 9.76. The van der Waals surface area contributed by atoms with E-state index in [-0.39, 0.29) is 20.9 Å². The Balaban J connectivity index is 1.76. The first kappa shape index (κ1) is 32.2. The van der Waals surface area contributed by atoms with Crippen molar-refractivity contribution in [3.63, 3.8) is 0 Å². The summed E-state index contributed by atoms with van der Waals surface area (Å²) >= 11 is 6.88. The highest BCUT2D eigenvalue weighted by Crippen LogP contribution is 2.38. The number of carbonyl (C=O) groups is 4. The minimum absolute atomic E-state index is 0.0495. The number of aromatic nitrogens is 2. The van der Waals surface area contributed by atoms with Crippen LogP contribution < -0.4 is 27.2 Å². The fourth-order valence-electron chi connectivity index (χ4n) is 3.95. The molecule has 0 radical (unpaired) electrons. The molecule has 0 bridgehead atoms. The number of hydrogen-bond acceptors (Lipinski definition) is 14. The lowest BCUT2D eigenvalue weighted by atomic mass is 9.69. The Hall–Kier alpha value is -4.27. The van der Waals surface area contributed by atoms with Crippen LogP contribution in [0.5, 0.6) is 5.75 Å². The molecule has 0 aliphatic heterocycles. The number of nitrogens with zero attached hydrogens (tertiary/aromatic N) is 3. The zero-order valence-electron chi connectivity index (χ0n) is 21.3. The Labute approximate surface area is 244 Å². The number of urea groups is 1. The molecular formula is C21H24ClN7O11S2. The quantitative estimate of drug-likeness (QED) is 0.0579. The number of amides is 2. The molecule has 1 unspecified atom stereocenters. The van der Waals surface area contributed by atoms with Crippen LogP contribution in [-0.4, -0.2) is 85.2 Å². The summed E-state index contributed by atoms with van der Waals surface area (Å²) in [6.45, 7) is 0.294. The number of hydrogen-bond donors (Lipinski definition) is 8. The summed E-state index contributed by atoms with van der Waals surface area (Å²) in [5.41, 5.74) is 6.22. The summed E-state index contributed by atoms with van der Waals surface area (Å²) in [6, 6.07) is -1.34. The number of anilines is 1. The van der Waals surface area contributed by atoms with Gasteiger partial charge < -0.3 is 31.8 Å². The van der Waals surface area contributed by atoms with Gasteiger partial charge in [0.2, 0.25) is 5.43 Å². The number of pyridine rings is 1. The first-order chi connectivity index (χ1) is 19.5. The van der Waals surface area contributed by atoms with Gasteiger partial charge in [0.25, 0.3) is 10.1 Å². The number of nitrogens with one attached hydrogen (secondary N) is 3. The van der Waals surface area contributed by atoms with E-state index >= 15 is 0 Å². The number of ketones is 2. The molecule has 0 aromatic carbocycles. The molecule has 18 nitrogen and oxygen atoms in total. The number of carbonyl (C=O) groups excluding carboxylic acids is 3. The van der Waals surface area contributed by atoms with Gasteiger partial charge in [0.05, 0.1) is 18.4 Å². The monoisotopic (exact) mass is 649 g/mol. The van der Waals surface area contributed by atoms with Crippen molar-refractivity contribution in [2.45, 2.75) is 31.2 Å². The van der Waals surface area contributed by atoms with Crippen molar-refractivity contribution in [2.75, 3.05) is 12.3 Å². The van der Waals surface area contributed by atoms with Crippen molar-refractivity contribution in [2.24, 2.45) is 16.9 Å². The molecule has 2 aromatic rings. The van der Waals surface area contributed by atoms with Gasteiger partial charge in [-0.1, -0.05) is 22.9 Å². The number of nitrogen functional groups attached to an aromatic ring is 1. The van der Waals surface area contributed by atoms with Crippen LogP contribution >= 0.6 is 22.9 Å². The summed E-state index contributed by atoms with van der Waals surface area (Å²) in [5, 5.41) is 34.5. The van der Waals surface area contributed by atoms with Crippen LogP contribution in [0.4, 0.5) is 9.93 Å². The van der Waals surface area contributed by atoms with E-state index in [2.05, 4.69) is 26.1 Å². The van der Waals surface area contributed by atoms with Gasteiger partial charge in [-0.15, -0.1) is 0 Å². The Morgan fingerprint density at radius 1 is 1.29 bits per heavy atom. The molecular weight excluding hydrogens is 626 g/mol. The van der Waals surface area contributed by atoms with Gasteiger partial charge >= 0.3 is 12.0 Å². The number of nitrogens with two attached hydrogens (primary N) is 1. The minimum Gasteiger partial charge on any atom is -0.503 e.